The Labute approximate surface area is 202 Å². The van der Waals surface area contributed by atoms with E-state index in [4.69, 9.17) is 9.72 Å². The number of sulfone groups is 1. The smallest absolute Gasteiger partial charge is 0.227 e. The van der Waals surface area contributed by atoms with E-state index in [1.807, 2.05) is 17.8 Å². The van der Waals surface area contributed by atoms with Crippen molar-refractivity contribution in [3.8, 4) is 16.9 Å². The molecule has 1 aliphatic rings. The molecule has 0 spiro atoms. The average molecular weight is 499 g/mol. The molecule has 4 heterocycles. The van der Waals surface area contributed by atoms with Gasteiger partial charge >= 0.3 is 0 Å². The Morgan fingerprint density at radius 2 is 2.03 bits per heavy atom. The first-order valence-corrected chi connectivity index (χ1v) is 13.7. The van der Waals surface area contributed by atoms with Crippen LogP contribution in [0.5, 0.6) is 5.75 Å². The van der Waals surface area contributed by atoms with Crippen LogP contribution in [0, 0.1) is 6.92 Å². The molecule has 0 bridgehead atoms. The fourth-order valence-corrected chi connectivity index (χ4v) is 5.92. The van der Waals surface area contributed by atoms with Crippen LogP contribution in [-0.2, 0) is 9.84 Å². The number of fused-ring (bicyclic) bond motifs is 1. The number of benzene rings is 1. The van der Waals surface area contributed by atoms with Gasteiger partial charge in [-0.1, -0.05) is 0 Å². The van der Waals surface area contributed by atoms with E-state index in [1.54, 1.807) is 41.9 Å². The van der Waals surface area contributed by atoms with Gasteiger partial charge in [0.1, 0.15) is 5.75 Å². The lowest BCUT2D eigenvalue weighted by atomic mass is 10.0. The Morgan fingerprint density at radius 1 is 1.24 bits per heavy atom. The summed E-state index contributed by atoms with van der Waals surface area (Å²) in [7, 11) is -1.81. The third-order valence-corrected chi connectivity index (χ3v) is 8.16. The highest BCUT2D eigenvalue weighted by atomic mass is 32.2. The van der Waals surface area contributed by atoms with Crippen LogP contribution in [0.2, 0.25) is 0 Å². The summed E-state index contributed by atoms with van der Waals surface area (Å²) in [4.78, 5) is 10.6. The van der Waals surface area contributed by atoms with E-state index in [0.29, 0.717) is 17.7 Å². The van der Waals surface area contributed by atoms with Crippen LogP contribution in [-0.4, -0.2) is 54.6 Å². The number of aryl methyl sites for hydroxylation is 1. The standard InChI is InChI=1S/C23H26N6O3S2/c1-14-21(18-5-4-17(34(3,30)31)10-19(18)32-2)22-20(33-14)12-25-23(28-22)27-15-11-26-29(13-15)16-6-8-24-9-7-16/h4-5,10-13,16,24H,6-9H2,1-3H3,(H,25,27,28). The summed E-state index contributed by atoms with van der Waals surface area (Å²) in [6, 6.07) is 5.34. The van der Waals surface area contributed by atoms with Crippen molar-refractivity contribution in [1.29, 1.82) is 0 Å². The van der Waals surface area contributed by atoms with Crippen LogP contribution in [0.4, 0.5) is 11.6 Å². The van der Waals surface area contributed by atoms with Gasteiger partial charge in [0.25, 0.3) is 0 Å². The number of anilines is 2. The Bertz CT molecular complexity index is 1450. The van der Waals surface area contributed by atoms with E-state index in [-0.39, 0.29) is 4.90 Å². The van der Waals surface area contributed by atoms with Crippen molar-refractivity contribution in [3.05, 3.63) is 41.7 Å². The molecular weight excluding hydrogens is 472 g/mol. The van der Waals surface area contributed by atoms with Crippen LogP contribution in [0.1, 0.15) is 23.8 Å². The van der Waals surface area contributed by atoms with Crippen molar-refractivity contribution in [2.75, 3.05) is 31.8 Å². The lowest BCUT2D eigenvalue weighted by Gasteiger charge is -2.22. The summed E-state index contributed by atoms with van der Waals surface area (Å²) in [5.74, 6) is 0.963. The highest BCUT2D eigenvalue weighted by Crippen LogP contribution is 2.42. The van der Waals surface area contributed by atoms with E-state index in [2.05, 4.69) is 20.7 Å². The fourth-order valence-electron chi connectivity index (χ4n) is 4.30. The summed E-state index contributed by atoms with van der Waals surface area (Å²) in [6.45, 7) is 4.02. The number of rotatable bonds is 6. The maximum atomic E-state index is 12.0. The highest BCUT2D eigenvalue weighted by molar-refractivity contribution is 7.90. The van der Waals surface area contributed by atoms with Crippen LogP contribution >= 0.6 is 11.3 Å². The van der Waals surface area contributed by atoms with Crippen molar-refractivity contribution in [2.24, 2.45) is 0 Å². The minimum atomic E-state index is -3.35. The molecule has 178 valence electrons. The van der Waals surface area contributed by atoms with E-state index < -0.39 is 9.84 Å². The van der Waals surface area contributed by atoms with E-state index >= 15 is 0 Å². The number of nitrogens with zero attached hydrogens (tertiary/aromatic N) is 4. The first kappa shape index (κ1) is 22.8. The minimum Gasteiger partial charge on any atom is -0.496 e. The van der Waals surface area contributed by atoms with E-state index in [9.17, 15) is 8.42 Å². The second kappa shape index (κ2) is 8.97. The lowest BCUT2D eigenvalue weighted by Crippen LogP contribution is -2.29. The number of ether oxygens (including phenoxy) is 1. The largest absolute Gasteiger partial charge is 0.496 e. The number of aromatic nitrogens is 4. The zero-order valence-electron chi connectivity index (χ0n) is 19.2. The second-order valence-corrected chi connectivity index (χ2v) is 11.7. The normalized spacial score (nSPS) is 15.0. The monoisotopic (exact) mass is 498 g/mol. The Balaban J connectivity index is 1.50. The van der Waals surface area contributed by atoms with Crippen molar-refractivity contribution < 1.29 is 13.2 Å². The van der Waals surface area contributed by atoms with Gasteiger partial charge in [-0.15, -0.1) is 11.3 Å². The molecule has 1 fully saturated rings. The summed E-state index contributed by atoms with van der Waals surface area (Å²) < 4.78 is 32.5. The first-order chi connectivity index (χ1) is 16.3. The molecule has 11 heteroatoms. The van der Waals surface area contributed by atoms with Gasteiger partial charge in [-0.2, -0.15) is 5.10 Å². The van der Waals surface area contributed by atoms with Gasteiger partial charge in [0.05, 0.1) is 46.3 Å². The average Bonchev–Trinajstić information content (AvgIpc) is 3.42. The van der Waals surface area contributed by atoms with Gasteiger partial charge in [-0.3, -0.25) is 4.68 Å². The van der Waals surface area contributed by atoms with E-state index in [0.717, 1.165) is 57.8 Å². The van der Waals surface area contributed by atoms with Crippen LogP contribution < -0.4 is 15.4 Å². The summed E-state index contributed by atoms with van der Waals surface area (Å²) in [5, 5.41) is 11.2. The summed E-state index contributed by atoms with van der Waals surface area (Å²) >= 11 is 1.59. The Morgan fingerprint density at radius 3 is 2.76 bits per heavy atom. The minimum absolute atomic E-state index is 0.216. The van der Waals surface area contributed by atoms with Gasteiger partial charge in [0.2, 0.25) is 5.95 Å². The van der Waals surface area contributed by atoms with Crippen LogP contribution in [0.25, 0.3) is 21.3 Å². The van der Waals surface area contributed by atoms with Gasteiger partial charge in [0.15, 0.2) is 9.84 Å². The summed E-state index contributed by atoms with van der Waals surface area (Å²) in [5.41, 5.74) is 3.33. The number of hydrogen-bond acceptors (Lipinski definition) is 9. The van der Waals surface area contributed by atoms with Gasteiger partial charge in [-0.25, -0.2) is 18.4 Å². The molecule has 0 amide bonds. The number of hydrogen-bond donors (Lipinski definition) is 2. The van der Waals surface area contributed by atoms with Crippen molar-refractivity contribution >= 4 is 43.0 Å². The molecule has 0 radical (unpaired) electrons. The maximum absolute atomic E-state index is 12.0. The maximum Gasteiger partial charge on any atom is 0.227 e. The second-order valence-electron chi connectivity index (χ2n) is 8.39. The first-order valence-electron chi connectivity index (χ1n) is 11.0. The third kappa shape index (κ3) is 4.38. The van der Waals surface area contributed by atoms with Gasteiger partial charge < -0.3 is 15.4 Å². The molecule has 2 N–H and O–H groups in total. The molecule has 5 rings (SSSR count). The quantitative estimate of drug-likeness (QED) is 0.411. The van der Waals surface area contributed by atoms with Crippen LogP contribution in [0.15, 0.2) is 41.7 Å². The molecule has 9 nitrogen and oxygen atoms in total. The Hall–Kier alpha value is -3.02. The Kier molecular flexibility index (Phi) is 6.00. The molecule has 34 heavy (non-hydrogen) atoms. The van der Waals surface area contributed by atoms with Gasteiger partial charge in [0, 0.05) is 28.5 Å². The predicted octanol–water partition coefficient (Wildman–Crippen LogP) is 3.94. The molecule has 1 aromatic carbocycles. The molecule has 0 saturated carbocycles. The predicted molar refractivity (Wildman–Crippen MR) is 134 cm³/mol. The zero-order chi connectivity index (χ0) is 23.9. The topological polar surface area (TPSA) is 111 Å². The number of piperidine rings is 1. The molecular formula is C23H26N6O3S2. The lowest BCUT2D eigenvalue weighted by molar-refractivity contribution is 0.343. The van der Waals surface area contributed by atoms with E-state index in [1.165, 1.54) is 13.4 Å². The fraction of sp³-hybridized carbons (Fsp3) is 0.348. The third-order valence-electron chi connectivity index (χ3n) is 6.02. The SMILES string of the molecule is COc1cc(S(C)(=O)=O)ccc1-c1c(C)sc2cnc(Nc3cnn(C4CCNCC4)c3)nc12. The zero-order valence-corrected chi connectivity index (χ0v) is 20.8. The number of nitrogens with one attached hydrogen (secondary N) is 2. The molecule has 0 aliphatic carbocycles. The molecule has 4 aromatic rings. The number of methoxy groups -OCH3 is 1. The molecule has 3 aromatic heterocycles. The molecule has 1 aliphatic heterocycles. The molecule has 1 saturated heterocycles. The number of thiophene rings is 1. The van der Waals surface area contributed by atoms with Crippen molar-refractivity contribution in [3.63, 3.8) is 0 Å². The van der Waals surface area contributed by atoms with Gasteiger partial charge in [-0.05, 0) is 51.1 Å². The summed E-state index contributed by atoms with van der Waals surface area (Å²) in [6.07, 6.45) is 8.90. The van der Waals surface area contributed by atoms with Crippen LogP contribution in [0.3, 0.4) is 0 Å². The van der Waals surface area contributed by atoms with Crippen molar-refractivity contribution in [1.82, 2.24) is 25.1 Å². The molecule has 0 unspecified atom stereocenters. The van der Waals surface area contributed by atoms with Crippen molar-refractivity contribution in [2.45, 2.75) is 30.7 Å². The molecule has 0 atom stereocenters. The highest BCUT2D eigenvalue weighted by Gasteiger charge is 2.20.